The Morgan fingerprint density at radius 2 is 1.58 bits per heavy atom. The zero-order valence-electron chi connectivity index (χ0n) is 18.6. The summed E-state index contributed by atoms with van der Waals surface area (Å²) >= 11 is 0. The molecule has 0 aliphatic carbocycles. The zero-order chi connectivity index (χ0) is 24.0. The van der Waals surface area contributed by atoms with Gasteiger partial charge in [-0.25, -0.2) is 14.4 Å². The van der Waals surface area contributed by atoms with E-state index in [2.05, 4.69) is 10.6 Å². The van der Waals surface area contributed by atoms with E-state index in [0.29, 0.717) is 5.69 Å². The van der Waals surface area contributed by atoms with Crippen molar-refractivity contribution in [2.75, 3.05) is 25.2 Å². The highest BCUT2D eigenvalue weighted by Gasteiger charge is 2.30. The number of anilines is 1. The first-order chi connectivity index (χ1) is 15.8. The number of ether oxygens (including phenoxy) is 2. The molecule has 172 valence electrons. The minimum atomic E-state index is -0.767. The van der Waals surface area contributed by atoms with Crippen LogP contribution in [0, 0.1) is 0 Å². The lowest BCUT2D eigenvalue weighted by Gasteiger charge is -2.26. The smallest absolute Gasteiger partial charge is 0.339 e. The molecule has 33 heavy (non-hydrogen) atoms. The predicted octanol–water partition coefficient (Wildman–Crippen LogP) is 2.64. The number of nitrogens with zero attached hydrogens (tertiary/aromatic N) is 1. The fourth-order valence-corrected chi connectivity index (χ4v) is 3.41. The summed E-state index contributed by atoms with van der Waals surface area (Å²) in [4.78, 5) is 51.6. The van der Waals surface area contributed by atoms with Crippen LogP contribution >= 0.6 is 0 Å². The van der Waals surface area contributed by atoms with Crippen LogP contribution in [0.25, 0.3) is 0 Å². The molecule has 1 heterocycles. The molecule has 9 heteroatoms. The molecule has 1 unspecified atom stereocenters. The van der Waals surface area contributed by atoms with Crippen LogP contribution in [0.2, 0.25) is 0 Å². The highest BCUT2D eigenvalue weighted by molar-refractivity contribution is 6.12. The molecule has 1 aliphatic rings. The second kappa shape index (κ2) is 10.4. The first kappa shape index (κ1) is 23.5. The van der Waals surface area contributed by atoms with Crippen molar-refractivity contribution in [3.63, 3.8) is 0 Å². The number of carbonyl (C=O) groups excluding carboxylic acids is 4. The molecule has 3 rings (SSSR count). The van der Waals surface area contributed by atoms with Gasteiger partial charge in [-0.2, -0.15) is 0 Å². The van der Waals surface area contributed by atoms with E-state index in [1.54, 1.807) is 45.2 Å². The van der Waals surface area contributed by atoms with Gasteiger partial charge in [-0.05, 0) is 38.1 Å². The van der Waals surface area contributed by atoms with Crippen molar-refractivity contribution >= 4 is 29.6 Å². The summed E-state index contributed by atoms with van der Waals surface area (Å²) in [6.07, 6.45) is 0. The summed E-state index contributed by atoms with van der Waals surface area (Å²) in [5.74, 6) is -1.77. The van der Waals surface area contributed by atoms with E-state index in [9.17, 15) is 19.2 Å². The van der Waals surface area contributed by atoms with Crippen molar-refractivity contribution in [1.29, 1.82) is 0 Å². The SMILES string of the molecule is CCOC(=O)C1=C(COC(=O)c2ccccc2C(=O)N(C)c2ccccc2)NC(=O)NC1C. The quantitative estimate of drug-likeness (QED) is 0.626. The Morgan fingerprint density at radius 3 is 2.24 bits per heavy atom. The van der Waals surface area contributed by atoms with Crippen molar-refractivity contribution in [3.8, 4) is 0 Å². The maximum atomic E-state index is 13.1. The Balaban J connectivity index is 1.82. The minimum Gasteiger partial charge on any atom is -0.463 e. The van der Waals surface area contributed by atoms with Gasteiger partial charge < -0.3 is 25.0 Å². The lowest BCUT2D eigenvalue weighted by atomic mass is 10.0. The van der Waals surface area contributed by atoms with E-state index >= 15 is 0 Å². The molecule has 1 atom stereocenters. The van der Waals surface area contributed by atoms with Gasteiger partial charge in [0.2, 0.25) is 0 Å². The summed E-state index contributed by atoms with van der Waals surface area (Å²) in [5, 5.41) is 5.07. The van der Waals surface area contributed by atoms with E-state index in [-0.39, 0.29) is 41.5 Å². The molecular formula is C24H25N3O6. The molecule has 0 saturated carbocycles. The first-order valence-electron chi connectivity index (χ1n) is 10.4. The van der Waals surface area contributed by atoms with E-state index in [4.69, 9.17) is 9.47 Å². The van der Waals surface area contributed by atoms with Crippen molar-refractivity contribution < 1.29 is 28.7 Å². The maximum Gasteiger partial charge on any atom is 0.339 e. The average Bonchev–Trinajstić information content (AvgIpc) is 2.81. The first-order valence-corrected chi connectivity index (χ1v) is 10.4. The zero-order valence-corrected chi connectivity index (χ0v) is 18.6. The molecule has 1 aliphatic heterocycles. The Bertz CT molecular complexity index is 1100. The molecule has 9 nitrogen and oxygen atoms in total. The van der Waals surface area contributed by atoms with Crippen molar-refractivity contribution in [2.24, 2.45) is 0 Å². The van der Waals surface area contributed by atoms with Crippen molar-refractivity contribution in [2.45, 2.75) is 19.9 Å². The summed E-state index contributed by atoms with van der Waals surface area (Å²) in [6, 6.07) is 14.2. The lowest BCUT2D eigenvalue weighted by molar-refractivity contribution is -0.139. The van der Waals surface area contributed by atoms with Crippen LogP contribution < -0.4 is 15.5 Å². The fraction of sp³-hybridized carbons (Fsp3) is 0.250. The number of esters is 2. The molecule has 0 bridgehead atoms. The van der Waals surface area contributed by atoms with Crippen LogP contribution in [0.1, 0.15) is 34.6 Å². The average molecular weight is 451 g/mol. The highest BCUT2D eigenvalue weighted by atomic mass is 16.5. The number of rotatable bonds is 7. The molecule has 2 N–H and O–H groups in total. The van der Waals surface area contributed by atoms with Gasteiger partial charge in [0, 0.05) is 12.7 Å². The number of hydrogen-bond acceptors (Lipinski definition) is 6. The van der Waals surface area contributed by atoms with Gasteiger partial charge in [-0.1, -0.05) is 30.3 Å². The van der Waals surface area contributed by atoms with E-state index < -0.39 is 24.0 Å². The third kappa shape index (κ3) is 5.38. The lowest BCUT2D eigenvalue weighted by Crippen LogP contribution is -2.50. The van der Waals surface area contributed by atoms with Gasteiger partial charge in [-0.15, -0.1) is 0 Å². The number of urea groups is 1. The van der Waals surface area contributed by atoms with Crippen LogP contribution in [-0.4, -0.2) is 50.2 Å². The molecule has 0 fully saturated rings. The summed E-state index contributed by atoms with van der Waals surface area (Å²) < 4.78 is 10.4. The van der Waals surface area contributed by atoms with Gasteiger partial charge in [0.25, 0.3) is 5.91 Å². The number of para-hydroxylation sites is 1. The number of hydrogen-bond donors (Lipinski definition) is 2. The monoisotopic (exact) mass is 451 g/mol. The molecule has 0 spiro atoms. The second-order valence-corrected chi connectivity index (χ2v) is 7.25. The largest absolute Gasteiger partial charge is 0.463 e. The van der Waals surface area contributed by atoms with Crippen LogP contribution in [0.15, 0.2) is 65.9 Å². The highest BCUT2D eigenvalue weighted by Crippen LogP contribution is 2.19. The van der Waals surface area contributed by atoms with Gasteiger partial charge >= 0.3 is 18.0 Å². The Hall–Kier alpha value is -4.14. The van der Waals surface area contributed by atoms with Gasteiger partial charge in [0.1, 0.15) is 6.61 Å². The second-order valence-electron chi connectivity index (χ2n) is 7.25. The molecule has 0 saturated heterocycles. The van der Waals surface area contributed by atoms with Crippen LogP contribution in [-0.2, 0) is 14.3 Å². The predicted molar refractivity (Wildman–Crippen MR) is 121 cm³/mol. The molecule has 2 aromatic carbocycles. The molecule has 2 aromatic rings. The fourth-order valence-electron chi connectivity index (χ4n) is 3.41. The summed E-state index contributed by atoms with van der Waals surface area (Å²) in [6.45, 7) is 3.07. The molecular weight excluding hydrogens is 426 g/mol. The van der Waals surface area contributed by atoms with Gasteiger partial charge in [-0.3, -0.25) is 4.79 Å². The number of carbonyl (C=O) groups is 4. The summed E-state index contributed by atoms with van der Waals surface area (Å²) in [7, 11) is 1.61. The maximum absolute atomic E-state index is 13.1. The normalized spacial score (nSPS) is 15.2. The van der Waals surface area contributed by atoms with Crippen molar-refractivity contribution in [1.82, 2.24) is 10.6 Å². The van der Waals surface area contributed by atoms with Gasteiger partial charge in [0.15, 0.2) is 0 Å². The number of nitrogens with one attached hydrogen (secondary N) is 2. The van der Waals surface area contributed by atoms with E-state index in [1.165, 1.54) is 17.0 Å². The Morgan fingerprint density at radius 1 is 0.939 bits per heavy atom. The third-order valence-corrected chi connectivity index (χ3v) is 5.04. The van der Waals surface area contributed by atoms with E-state index in [0.717, 1.165) is 0 Å². The van der Waals surface area contributed by atoms with Crippen LogP contribution in [0.4, 0.5) is 10.5 Å². The summed E-state index contributed by atoms with van der Waals surface area (Å²) in [5.41, 5.74) is 1.19. The van der Waals surface area contributed by atoms with Crippen molar-refractivity contribution in [3.05, 3.63) is 77.0 Å². The molecule has 0 aromatic heterocycles. The Labute approximate surface area is 191 Å². The standard InChI is InChI=1S/C24H25N3O6/c1-4-32-23(30)20-15(2)25-24(31)26-19(20)14-33-22(29)18-13-9-8-12-17(18)21(28)27(3)16-10-6-5-7-11-16/h5-13,15H,4,14H2,1-3H3,(H2,25,26,31). The van der Waals surface area contributed by atoms with Gasteiger partial charge in [0.05, 0.1) is 35.0 Å². The molecule has 3 amide bonds. The third-order valence-electron chi connectivity index (χ3n) is 5.04. The van der Waals surface area contributed by atoms with Crippen LogP contribution in [0.5, 0.6) is 0 Å². The minimum absolute atomic E-state index is 0.0666. The number of benzene rings is 2. The number of amides is 3. The van der Waals surface area contributed by atoms with Crippen LogP contribution in [0.3, 0.4) is 0 Å². The topological polar surface area (TPSA) is 114 Å². The Kier molecular flexibility index (Phi) is 7.45. The van der Waals surface area contributed by atoms with E-state index in [1.807, 2.05) is 18.2 Å². The molecule has 0 radical (unpaired) electrons.